The molecule has 0 aliphatic carbocycles. The van der Waals surface area contributed by atoms with Gasteiger partial charge in [0.1, 0.15) is 11.5 Å². The molecule has 0 saturated heterocycles. The predicted octanol–water partition coefficient (Wildman–Crippen LogP) is 1.97. The molecule has 6 nitrogen and oxygen atoms in total. The first kappa shape index (κ1) is 14.7. The second-order valence-corrected chi connectivity index (χ2v) is 4.78. The molecule has 0 atom stereocenters. The van der Waals surface area contributed by atoms with Crippen LogP contribution < -0.4 is 10.9 Å². The van der Waals surface area contributed by atoms with E-state index in [2.05, 4.69) is 16.0 Å². The number of rotatable bonds is 3. The van der Waals surface area contributed by atoms with Crippen LogP contribution in [0, 0.1) is 5.82 Å². The molecule has 0 radical (unpaired) electrons. The Hall–Kier alpha value is -3.22. The maximum absolute atomic E-state index is 13.4. The highest BCUT2D eigenvalue weighted by molar-refractivity contribution is 5.96. The lowest BCUT2D eigenvalue weighted by atomic mass is 10.2. The fourth-order valence-electron chi connectivity index (χ4n) is 2.10. The summed E-state index contributed by atoms with van der Waals surface area (Å²) in [5.41, 5.74) is 5.27. The fourth-order valence-corrected chi connectivity index (χ4v) is 2.10. The Balaban J connectivity index is 1.62. The highest BCUT2D eigenvalue weighted by atomic mass is 19.1. The Labute approximate surface area is 130 Å². The number of hydrazine groups is 1. The number of carbonyl (C=O) groups excluding carboxylic acids is 2. The van der Waals surface area contributed by atoms with Gasteiger partial charge in [-0.05, 0) is 24.3 Å². The Morgan fingerprint density at radius 1 is 1.04 bits per heavy atom. The van der Waals surface area contributed by atoms with E-state index >= 15 is 0 Å². The summed E-state index contributed by atoms with van der Waals surface area (Å²) in [6.07, 6.45) is -0.0748. The second-order valence-electron chi connectivity index (χ2n) is 4.78. The van der Waals surface area contributed by atoms with Crippen molar-refractivity contribution >= 4 is 22.8 Å². The van der Waals surface area contributed by atoms with Crippen LogP contribution in [0.2, 0.25) is 0 Å². The summed E-state index contributed by atoms with van der Waals surface area (Å²) < 4.78 is 18.5. The molecule has 2 amide bonds. The molecule has 116 valence electrons. The number of carbonyl (C=O) groups is 2. The van der Waals surface area contributed by atoms with Crippen LogP contribution in [0.15, 0.2) is 53.1 Å². The van der Waals surface area contributed by atoms with Crippen LogP contribution in [0.5, 0.6) is 0 Å². The molecule has 2 N–H and O–H groups in total. The van der Waals surface area contributed by atoms with E-state index in [0.29, 0.717) is 11.3 Å². The molecule has 0 unspecified atom stereocenters. The third-order valence-corrected chi connectivity index (χ3v) is 3.21. The zero-order valence-electron chi connectivity index (χ0n) is 11.9. The maximum Gasteiger partial charge on any atom is 0.272 e. The van der Waals surface area contributed by atoms with Crippen LogP contribution >= 0.6 is 0 Å². The monoisotopic (exact) mass is 313 g/mol. The highest BCUT2D eigenvalue weighted by Crippen LogP contribution is 2.17. The summed E-state index contributed by atoms with van der Waals surface area (Å²) in [7, 11) is 0. The molecule has 3 rings (SSSR count). The van der Waals surface area contributed by atoms with E-state index in [0.717, 1.165) is 11.5 Å². The number of hydrogen-bond donors (Lipinski definition) is 2. The van der Waals surface area contributed by atoms with E-state index in [1.54, 1.807) is 24.3 Å². The molecule has 0 aliphatic heterocycles. The SMILES string of the molecule is O=C(Cc1noc2ccccc12)NNC(=O)c1ccccc1F. The van der Waals surface area contributed by atoms with Gasteiger partial charge in [0, 0.05) is 5.39 Å². The number of benzene rings is 2. The number of hydrogen-bond acceptors (Lipinski definition) is 4. The van der Waals surface area contributed by atoms with E-state index < -0.39 is 17.6 Å². The van der Waals surface area contributed by atoms with Crippen LogP contribution in [0.1, 0.15) is 16.1 Å². The van der Waals surface area contributed by atoms with Crippen molar-refractivity contribution in [1.29, 1.82) is 0 Å². The van der Waals surface area contributed by atoms with Crippen molar-refractivity contribution in [3.05, 3.63) is 65.6 Å². The average molecular weight is 313 g/mol. The quantitative estimate of drug-likeness (QED) is 0.724. The van der Waals surface area contributed by atoms with Gasteiger partial charge in [-0.3, -0.25) is 20.4 Å². The minimum absolute atomic E-state index is 0.0748. The zero-order valence-corrected chi connectivity index (χ0v) is 11.9. The first-order chi connectivity index (χ1) is 11.1. The van der Waals surface area contributed by atoms with E-state index in [1.165, 1.54) is 18.2 Å². The maximum atomic E-state index is 13.4. The van der Waals surface area contributed by atoms with Crippen molar-refractivity contribution in [3.8, 4) is 0 Å². The number of amides is 2. The molecule has 0 saturated carbocycles. The molecular formula is C16H12FN3O3. The van der Waals surface area contributed by atoms with Crippen LogP contribution in [0.3, 0.4) is 0 Å². The summed E-state index contributed by atoms with van der Waals surface area (Å²) in [5.74, 6) is -1.89. The first-order valence-corrected chi connectivity index (χ1v) is 6.82. The molecule has 1 heterocycles. The Morgan fingerprint density at radius 2 is 1.78 bits per heavy atom. The number of halogens is 1. The molecule has 3 aromatic rings. The van der Waals surface area contributed by atoms with Gasteiger partial charge >= 0.3 is 0 Å². The van der Waals surface area contributed by atoms with Gasteiger partial charge in [-0.2, -0.15) is 0 Å². The topological polar surface area (TPSA) is 84.2 Å². The van der Waals surface area contributed by atoms with Gasteiger partial charge in [0.05, 0.1) is 12.0 Å². The van der Waals surface area contributed by atoms with Crippen molar-refractivity contribution in [2.24, 2.45) is 0 Å². The number of aromatic nitrogens is 1. The lowest BCUT2D eigenvalue weighted by Crippen LogP contribution is -2.42. The van der Waals surface area contributed by atoms with Crippen LogP contribution in [0.25, 0.3) is 11.0 Å². The van der Waals surface area contributed by atoms with Gasteiger partial charge in [-0.1, -0.05) is 29.4 Å². The molecule has 0 bridgehead atoms. The lowest BCUT2D eigenvalue weighted by molar-refractivity contribution is -0.121. The Bertz CT molecular complexity index is 876. The van der Waals surface area contributed by atoms with Crippen molar-refractivity contribution in [3.63, 3.8) is 0 Å². The van der Waals surface area contributed by atoms with Gasteiger partial charge in [0.25, 0.3) is 5.91 Å². The van der Waals surface area contributed by atoms with Gasteiger partial charge < -0.3 is 4.52 Å². The van der Waals surface area contributed by atoms with Crippen LogP contribution in [0.4, 0.5) is 4.39 Å². The molecule has 1 aromatic heterocycles. The molecule has 23 heavy (non-hydrogen) atoms. The zero-order chi connectivity index (χ0) is 16.2. The summed E-state index contributed by atoms with van der Waals surface area (Å²) >= 11 is 0. The summed E-state index contributed by atoms with van der Waals surface area (Å²) in [4.78, 5) is 23.7. The fraction of sp³-hybridized carbons (Fsp3) is 0.0625. The standard InChI is InChI=1S/C16H12FN3O3/c17-12-7-3-1-5-10(12)16(22)19-18-15(21)9-13-11-6-2-4-8-14(11)23-20-13/h1-8H,9H2,(H,18,21)(H,19,22). The normalized spacial score (nSPS) is 10.5. The van der Waals surface area contributed by atoms with Crippen molar-refractivity contribution in [2.45, 2.75) is 6.42 Å². The van der Waals surface area contributed by atoms with E-state index in [9.17, 15) is 14.0 Å². The summed E-state index contributed by atoms with van der Waals surface area (Å²) in [5, 5.41) is 4.55. The van der Waals surface area contributed by atoms with Gasteiger partial charge in [-0.15, -0.1) is 0 Å². The van der Waals surface area contributed by atoms with E-state index in [4.69, 9.17) is 4.52 Å². The minimum atomic E-state index is -0.735. The smallest absolute Gasteiger partial charge is 0.272 e. The van der Waals surface area contributed by atoms with Gasteiger partial charge in [0.15, 0.2) is 5.58 Å². The molecule has 0 spiro atoms. The van der Waals surface area contributed by atoms with Crippen LogP contribution in [-0.4, -0.2) is 17.0 Å². The molecule has 0 aliphatic rings. The minimum Gasteiger partial charge on any atom is -0.356 e. The van der Waals surface area contributed by atoms with Crippen molar-refractivity contribution in [2.75, 3.05) is 0 Å². The molecule has 2 aromatic carbocycles. The van der Waals surface area contributed by atoms with Crippen LogP contribution in [-0.2, 0) is 11.2 Å². The largest absolute Gasteiger partial charge is 0.356 e. The molecule has 7 heteroatoms. The third kappa shape index (κ3) is 3.18. The van der Waals surface area contributed by atoms with Crippen molar-refractivity contribution in [1.82, 2.24) is 16.0 Å². The van der Waals surface area contributed by atoms with Gasteiger partial charge in [0.2, 0.25) is 5.91 Å². The number of nitrogens with zero attached hydrogens (tertiary/aromatic N) is 1. The number of nitrogens with one attached hydrogen (secondary N) is 2. The number of fused-ring (bicyclic) bond motifs is 1. The lowest BCUT2D eigenvalue weighted by Gasteiger charge is -2.07. The molecule has 0 fully saturated rings. The summed E-state index contributed by atoms with van der Waals surface area (Å²) in [6, 6.07) is 12.6. The third-order valence-electron chi connectivity index (χ3n) is 3.21. The number of para-hydroxylation sites is 1. The highest BCUT2D eigenvalue weighted by Gasteiger charge is 2.14. The summed E-state index contributed by atoms with van der Waals surface area (Å²) in [6.45, 7) is 0. The Kier molecular flexibility index (Phi) is 4.01. The van der Waals surface area contributed by atoms with E-state index in [1.807, 2.05) is 0 Å². The first-order valence-electron chi connectivity index (χ1n) is 6.82. The van der Waals surface area contributed by atoms with E-state index in [-0.39, 0.29) is 12.0 Å². The van der Waals surface area contributed by atoms with Crippen molar-refractivity contribution < 1.29 is 18.5 Å². The average Bonchev–Trinajstić information content (AvgIpc) is 2.96. The predicted molar refractivity (Wildman–Crippen MR) is 79.7 cm³/mol. The second kappa shape index (κ2) is 6.27. The molecular weight excluding hydrogens is 301 g/mol. The van der Waals surface area contributed by atoms with Gasteiger partial charge in [-0.25, -0.2) is 4.39 Å². The Morgan fingerprint density at radius 3 is 2.61 bits per heavy atom.